The van der Waals surface area contributed by atoms with Gasteiger partial charge in [0, 0.05) is 17.8 Å². The largest absolute Gasteiger partial charge is 0.457 e. The zero-order valence-electron chi connectivity index (χ0n) is 12.6. The van der Waals surface area contributed by atoms with E-state index < -0.39 is 0 Å². The molecule has 0 radical (unpaired) electrons. The van der Waals surface area contributed by atoms with Gasteiger partial charge in [0.15, 0.2) is 4.99 Å². The topological polar surface area (TPSA) is 50.4 Å². The number of ether oxygens (including phenoxy) is 1. The summed E-state index contributed by atoms with van der Waals surface area (Å²) in [5, 5.41) is 5.88. The number of carbonyl (C=O) groups is 1. The minimum absolute atomic E-state index is 0.240. The maximum absolute atomic E-state index is 12.1. The molecule has 1 fully saturated rings. The average molecular weight is 326 g/mol. The molecule has 2 aromatic rings. The maximum atomic E-state index is 12.1. The lowest BCUT2D eigenvalue weighted by molar-refractivity contribution is -0.110. The highest BCUT2D eigenvalue weighted by Gasteiger charge is 2.20. The van der Waals surface area contributed by atoms with Gasteiger partial charge < -0.3 is 15.4 Å². The van der Waals surface area contributed by atoms with Crippen molar-refractivity contribution in [1.82, 2.24) is 5.32 Å². The summed E-state index contributed by atoms with van der Waals surface area (Å²) in [6, 6.07) is 17.1. The predicted octanol–water partition coefficient (Wildman–Crippen LogP) is 3.89. The molecule has 3 rings (SSSR count). The van der Waals surface area contributed by atoms with Crippen molar-refractivity contribution in [3.63, 3.8) is 0 Å². The number of carbonyl (C=O) groups excluding carboxylic acids is 1. The van der Waals surface area contributed by atoms with Crippen molar-refractivity contribution in [3.05, 3.63) is 54.6 Å². The molecular formula is C18H18N2O2S. The summed E-state index contributed by atoms with van der Waals surface area (Å²) in [6.45, 7) is 0. The highest BCUT2D eigenvalue weighted by Crippen LogP contribution is 2.24. The van der Waals surface area contributed by atoms with Crippen molar-refractivity contribution in [2.24, 2.45) is 0 Å². The zero-order valence-corrected chi connectivity index (χ0v) is 13.4. The number of benzene rings is 2. The molecule has 1 saturated carbocycles. The lowest BCUT2D eigenvalue weighted by Gasteiger charge is -2.27. The van der Waals surface area contributed by atoms with Gasteiger partial charge in [-0.2, -0.15) is 0 Å². The van der Waals surface area contributed by atoms with E-state index in [1.54, 1.807) is 6.07 Å². The van der Waals surface area contributed by atoms with Gasteiger partial charge in [-0.15, -0.1) is 0 Å². The second-order valence-corrected chi connectivity index (χ2v) is 5.91. The molecule has 0 saturated heterocycles. The Labute approximate surface area is 140 Å². The van der Waals surface area contributed by atoms with Crippen molar-refractivity contribution in [2.75, 3.05) is 5.32 Å². The summed E-state index contributed by atoms with van der Waals surface area (Å²) in [7, 11) is 0. The molecule has 118 valence electrons. The molecule has 0 spiro atoms. The number of rotatable bonds is 4. The van der Waals surface area contributed by atoms with E-state index >= 15 is 0 Å². The Balaban J connectivity index is 1.60. The van der Waals surface area contributed by atoms with Gasteiger partial charge in [0.2, 0.25) is 0 Å². The second kappa shape index (κ2) is 7.24. The van der Waals surface area contributed by atoms with Gasteiger partial charge in [0.05, 0.1) is 0 Å². The molecule has 2 aromatic carbocycles. The van der Waals surface area contributed by atoms with Crippen LogP contribution in [0.2, 0.25) is 0 Å². The van der Waals surface area contributed by atoms with E-state index in [0.29, 0.717) is 17.5 Å². The fourth-order valence-corrected chi connectivity index (χ4v) is 2.47. The molecule has 4 nitrogen and oxygen atoms in total. The molecule has 5 heteroatoms. The van der Waals surface area contributed by atoms with Gasteiger partial charge in [-0.3, -0.25) is 4.79 Å². The van der Waals surface area contributed by atoms with Crippen LogP contribution in [-0.2, 0) is 4.79 Å². The van der Waals surface area contributed by atoms with Crippen LogP contribution in [0.15, 0.2) is 54.6 Å². The summed E-state index contributed by atoms with van der Waals surface area (Å²) in [5.74, 6) is 1.12. The predicted molar refractivity (Wildman–Crippen MR) is 95.0 cm³/mol. The zero-order chi connectivity index (χ0) is 16.1. The van der Waals surface area contributed by atoms with E-state index in [4.69, 9.17) is 17.0 Å². The first-order valence-electron chi connectivity index (χ1n) is 7.65. The van der Waals surface area contributed by atoms with Crippen LogP contribution in [0, 0.1) is 0 Å². The molecule has 0 aliphatic heterocycles. The van der Waals surface area contributed by atoms with Crippen molar-refractivity contribution in [1.29, 1.82) is 0 Å². The van der Waals surface area contributed by atoms with E-state index in [1.165, 1.54) is 6.42 Å². The van der Waals surface area contributed by atoms with Gasteiger partial charge in [0.25, 0.3) is 5.91 Å². The number of hydrogen-bond donors (Lipinski definition) is 2. The monoisotopic (exact) mass is 326 g/mol. The van der Waals surface area contributed by atoms with Gasteiger partial charge in [-0.1, -0.05) is 36.5 Å². The summed E-state index contributed by atoms with van der Waals surface area (Å²) in [4.78, 5) is 12.3. The van der Waals surface area contributed by atoms with Crippen LogP contribution in [-0.4, -0.2) is 16.9 Å². The van der Waals surface area contributed by atoms with Gasteiger partial charge in [-0.05, 0) is 43.5 Å². The molecule has 23 heavy (non-hydrogen) atoms. The Morgan fingerprint density at radius 1 is 1.04 bits per heavy atom. The third-order valence-electron chi connectivity index (χ3n) is 3.72. The third-order valence-corrected chi connectivity index (χ3v) is 4.02. The summed E-state index contributed by atoms with van der Waals surface area (Å²) < 4.78 is 5.75. The number of thiocarbonyl (C=S) groups is 1. The van der Waals surface area contributed by atoms with Gasteiger partial charge >= 0.3 is 0 Å². The van der Waals surface area contributed by atoms with Crippen LogP contribution in [0.5, 0.6) is 11.5 Å². The number of anilines is 1. The van der Waals surface area contributed by atoms with E-state index in [2.05, 4.69) is 10.6 Å². The van der Waals surface area contributed by atoms with E-state index in [1.807, 2.05) is 48.5 Å². The standard InChI is InChI=1S/C18H18N2O2S/c21-17(18(23)20-13-6-4-7-13)19-14-8-5-11-16(12-14)22-15-9-2-1-3-10-15/h1-3,5,8-13H,4,6-7H2,(H,19,21)(H,20,23). The van der Waals surface area contributed by atoms with Crippen LogP contribution in [0.4, 0.5) is 5.69 Å². The Kier molecular flexibility index (Phi) is 4.88. The fraction of sp³-hybridized carbons (Fsp3) is 0.222. The third kappa shape index (κ3) is 4.29. The highest BCUT2D eigenvalue weighted by atomic mass is 32.1. The number of nitrogens with one attached hydrogen (secondary N) is 2. The smallest absolute Gasteiger partial charge is 0.283 e. The molecule has 1 aliphatic rings. The molecule has 1 aliphatic carbocycles. The molecule has 0 bridgehead atoms. The Hall–Kier alpha value is -2.40. The molecule has 2 N–H and O–H groups in total. The van der Waals surface area contributed by atoms with E-state index in [0.717, 1.165) is 18.6 Å². The normalized spacial score (nSPS) is 13.7. The Morgan fingerprint density at radius 2 is 1.78 bits per heavy atom. The van der Waals surface area contributed by atoms with Crippen molar-refractivity contribution < 1.29 is 9.53 Å². The Morgan fingerprint density at radius 3 is 2.48 bits per heavy atom. The molecule has 0 unspecified atom stereocenters. The van der Waals surface area contributed by atoms with E-state index in [9.17, 15) is 4.79 Å². The minimum Gasteiger partial charge on any atom is -0.457 e. The lowest BCUT2D eigenvalue weighted by atomic mass is 9.93. The minimum atomic E-state index is -0.288. The maximum Gasteiger partial charge on any atom is 0.283 e. The molecular weight excluding hydrogens is 308 g/mol. The fourth-order valence-electron chi connectivity index (χ4n) is 2.25. The lowest BCUT2D eigenvalue weighted by Crippen LogP contribution is -2.43. The average Bonchev–Trinajstić information content (AvgIpc) is 2.52. The first-order chi connectivity index (χ1) is 11.2. The SMILES string of the molecule is O=C(Nc1cccc(Oc2ccccc2)c1)C(=S)NC1CCC1. The first kappa shape index (κ1) is 15.5. The summed E-state index contributed by atoms with van der Waals surface area (Å²) >= 11 is 5.14. The molecule has 0 aromatic heterocycles. The molecule has 0 atom stereocenters. The van der Waals surface area contributed by atoms with Crippen molar-refractivity contribution in [3.8, 4) is 11.5 Å². The van der Waals surface area contributed by atoms with Gasteiger partial charge in [0.1, 0.15) is 11.5 Å². The second-order valence-electron chi connectivity index (χ2n) is 5.50. The van der Waals surface area contributed by atoms with E-state index in [-0.39, 0.29) is 10.9 Å². The summed E-state index contributed by atoms with van der Waals surface area (Å²) in [5.41, 5.74) is 0.654. The number of para-hydroxylation sites is 1. The van der Waals surface area contributed by atoms with Crippen LogP contribution in [0.25, 0.3) is 0 Å². The highest BCUT2D eigenvalue weighted by molar-refractivity contribution is 7.82. The van der Waals surface area contributed by atoms with Crippen molar-refractivity contribution >= 4 is 28.8 Å². The van der Waals surface area contributed by atoms with Crippen LogP contribution < -0.4 is 15.4 Å². The van der Waals surface area contributed by atoms with Crippen LogP contribution in [0.3, 0.4) is 0 Å². The number of hydrogen-bond acceptors (Lipinski definition) is 3. The van der Waals surface area contributed by atoms with Gasteiger partial charge in [-0.25, -0.2) is 0 Å². The molecule has 0 heterocycles. The number of amides is 1. The quantitative estimate of drug-likeness (QED) is 0.837. The first-order valence-corrected chi connectivity index (χ1v) is 8.06. The molecule has 1 amide bonds. The van der Waals surface area contributed by atoms with Crippen LogP contribution in [0.1, 0.15) is 19.3 Å². The Bertz CT molecular complexity index is 699. The summed E-state index contributed by atoms with van der Waals surface area (Å²) in [6.07, 6.45) is 3.35. The van der Waals surface area contributed by atoms with Crippen LogP contribution >= 0.6 is 12.2 Å². The van der Waals surface area contributed by atoms with Crippen molar-refractivity contribution in [2.45, 2.75) is 25.3 Å².